The number of rotatable bonds is 4. The second-order valence-corrected chi connectivity index (χ2v) is 8.04. The van der Waals surface area contributed by atoms with Crippen LogP contribution in [0, 0.1) is 0 Å². The zero-order chi connectivity index (χ0) is 19.3. The number of hydrogen-bond acceptors (Lipinski definition) is 4. The van der Waals surface area contributed by atoms with Gasteiger partial charge in [-0.25, -0.2) is 4.98 Å². The Bertz CT molecular complexity index is 818. The summed E-state index contributed by atoms with van der Waals surface area (Å²) < 4.78 is 0. The molecule has 0 radical (unpaired) electrons. The van der Waals surface area contributed by atoms with Gasteiger partial charge in [-0.15, -0.1) is 0 Å². The van der Waals surface area contributed by atoms with Crippen LogP contribution in [0.1, 0.15) is 46.3 Å². The summed E-state index contributed by atoms with van der Waals surface area (Å²) in [5.74, 6) is 1.02. The van der Waals surface area contributed by atoms with Gasteiger partial charge in [0.1, 0.15) is 5.82 Å². The van der Waals surface area contributed by atoms with Crippen LogP contribution in [0.2, 0.25) is 0 Å². The van der Waals surface area contributed by atoms with Crippen molar-refractivity contribution in [2.75, 3.05) is 38.1 Å². The van der Waals surface area contributed by atoms with Crippen LogP contribution < -0.4 is 10.2 Å². The van der Waals surface area contributed by atoms with Gasteiger partial charge >= 0.3 is 0 Å². The summed E-state index contributed by atoms with van der Waals surface area (Å²) in [6, 6.07) is 10.3. The van der Waals surface area contributed by atoms with E-state index < -0.39 is 0 Å². The molecule has 1 fully saturated rings. The van der Waals surface area contributed by atoms with Crippen LogP contribution >= 0.6 is 0 Å². The number of aryl methyl sites for hydroxylation is 2. The minimum atomic E-state index is -0.00648. The topological polar surface area (TPSA) is 48.5 Å². The van der Waals surface area contributed by atoms with Gasteiger partial charge in [0.15, 0.2) is 0 Å². The molecule has 5 heteroatoms. The number of benzene rings is 1. The molecule has 28 heavy (non-hydrogen) atoms. The van der Waals surface area contributed by atoms with Crippen LogP contribution in [0.25, 0.3) is 0 Å². The lowest BCUT2D eigenvalue weighted by molar-refractivity contribution is 0.0950. The second kappa shape index (κ2) is 8.74. The fourth-order valence-electron chi connectivity index (χ4n) is 4.14. The highest BCUT2D eigenvalue weighted by Gasteiger charge is 2.14. The van der Waals surface area contributed by atoms with Gasteiger partial charge < -0.3 is 15.1 Å². The number of fused-ring (bicyclic) bond motifs is 1. The van der Waals surface area contributed by atoms with Gasteiger partial charge in [0.25, 0.3) is 5.91 Å². The average Bonchev–Trinajstić information content (AvgIpc) is 2.96. The van der Waals surface area contributed by atoms with E-state index in [0.717, 1.165) is 62.4 Å². The minimum absolute atomic E-state index is 0.00648. The Balaban J connectivity index is 1.34. The molecule has 148 valence electrons. The molecule has 1 aromatic carbocycles. The first-order valence-corrected chi connectivity index (χ1v) is 10.5. The van der Waals surface area contributed by atoms with E-state index in [1.807, 2.05) is 12.3 Å². The predicted molar refractivity (Wildman–Crippen MR) is 113 cm³/mol. The van der Waals surface area contributed by atoms with Gasteiger partial charge in [-0.05, 0) is 80.6 Å². The number of nitrogens with zero attached hydrogens (tertiary/aromatic N) is 3. The molecule has 5 nitrogen and oxygen atoms in total. The number of pyridine rings is 1. The van der Waals surface area contributed by atoms with Gasteiger partial charge in [0.2, 0.25) is 0 Å². The molecule has 0 atom stereocenters. The highest BCUT2D eigenvalue weighted by molar-refractivity contribution is 5.94. The Labute approximate surface area is 167 Å². The Kier molecular flexibility index (Phi) is 5.91. The molecule has 1 N–H and O–H groups in total. The lowest BCUT2D eigenvalue weighted by Crippen LogP contribution is -2.29. The summed E-state index contributed by atoms with van der Waals surface area (Å²) >= 11 is 0. The van der Waals surface area contributed by atoms with E-state index in [0.29, 0.717) is 6.54 Å². The molecule has 2 aromatic rings. The number of carbonyl (C=O) groups excluding carboxylic acids is 1. The molecule has 4 rings (SSSR count). The maximum atomic E-state index is 12.5. The van der Waals surface area contributed by atoms with E-state index in [1.54, 1.807) is 0 Å². The number of likely N-dealkylation sites (N-methyl/N-ethyl adjacent to an activating group) is 1. The third-order valence-corrected chi connectivity index (χ3v) is 5.92. The van der Waals surface area contributed by atoms with E-state index in [-0.39, 0.29) is 5.91 Å². The first-order chi connectivity index (χ1) is 13.7. The monoisotopic (exact) mass is 378 g/mol. The standard InChI is InChI=1S/C23H30N4O/c1-26-11-4-12-27(14-13-26)22-10-7-18(16-24-22)17-25-23(28)21-9-8-19-5-2-3-6-20(19)15-21/h7-10,15-16H,2-6,11-14,17H2,1H3,(H,25,28). The van der Waals surface area contributed by atoms with Crippen LogP contribution in [0.3, 0.4) is 0 Å². The first kappa shape index (κ1) is 18.9. The van der Waals surface area contributed by atoms with Crippen molar-refractivity contribution in [2.45, 2.75) is 38.6 Å². The van der Waals surface area contributed by atoms with Crippen LogP contribution in [-0.4, -0.2) is 49.0 Å². The van der Waals surface area contributed by atoms with E-state index in [4.69, 9.17) is 0 Å². The molecule has 1 aromatic heterocycles. The third kappa shape index (κ3) is 4.53. The van der Waals surface area contributed by atoms with Crippen molar-refractivity contribution in [3.8, 4) is 0 Å². The summed E-state index contributed by atoms with van der Waals surface area (Å²) in [7, 11) is 2.17. The number of aromatic nitrogens is 1. The van der Waals surface area contributed by atoms with Gasteiger partial charge in [0, 0.05) is 37.9 Å². The fourth-order valence-corrected chi connectivity index (χ4v) is 4.14. The van der Waals surface area contributed by atoms with Crippen molar-refractivity contribution in [1.82, 2.24) is 15.2 Å². The molecule has 0 unspecified atom stereocenters. The van der Waals surface area contributed by atoms with Crippen molar-refractivity contribution in [2.24, 2.45) is 0 Å². The molecule has 1 amide bonds. The number of carbonyl (C=O) groups is 1. The maximum Gasteiger partial charge on any atom is 0.251 e. The third-order valence-electron chi connectivity index (χ3n) is 5.92. The molecule has 2 aliphatic rings. The summed E-state index contributed by atoms with van der Waals surface area (Å²) in [6.07, 6.45) is 7.77. The first-order valence-electron chi connectivity index (χ1n) is 10.5. The highest BCUT2D eigenvalue weighted by atomic mass is 16.1. The Hall–Kier alpha value is -2.40. The summed E-state index contributed by atoms with van der Waals surface area (Å²) in [6.45, 7) is 4.78. The maximum absolute atomic E-state index is 12.5. The van der Waals surface area contributed by atoms with Crippen molar-refractivity contribution < 1.29 is 4.79 Å². The van der Waals surface area contributed by atoms with Crippen LogP contribution in [0.4, 0.5) is 5.82 Å². The molecular formula is C23H30N4O. The van der Waals surface area contributed by atoms with E-state index in [2.05, 4.69) is 51.4 Å². The summed E-state index contributed by atoms with van der Waals surface area (Å²) in [5, 5.41) is 3.04. The highest BCUT2D eigenvalue weighted by Crippen LogP contribution is 2.22. The second-order valence-electron chi connectivity index (χ2n) is 8.04. The molecular weight excluding hydrogens is 348 g/mol. The largest absolute Gasteiger partial charge is 0.355 e. The van der Waals surface area contributed by atoms with Crippen LogP contribution in [0.5, 0.6) is 0 Å². The normalized spacial score (nSPS) is 17.7. The molecule has 1 aliphatic heterocycles. The van der Waals surface area contributed by atoms with Gasteiger partial charge in [-0.1, -0.05) is 12.1 Å². The molecule has 0 spiro atoms. The zero-order valence-electron chi connectivity index (χ0n) is 16.8. The number of amides is 1. The van der Waals surface area contributed by atoms with Gasteiger partial charge in [-0.2, -0.15) is 0 Å². The Morgan fingerprint density at radius 2 is 1.86 bits per heavy atom. The Morgan fingerprint density at radius 3 is 2.68 bits per heavy atom. The number of hydrogen-bond donors (Lipinski definition) is 1. The smallest absolute Gasteiger partial charge is 0.251 e. The lowest BCUT2D eigenvalue weighted by Gasteiger charge is -2.21. The van der Waals surface area contributed by atoms with E-state index in [9.17, 15) is 4.79 Å². The molecule has 2 heterocycles. The van der Waals surface area contributed by atoms with Crippen molar-refractivity contribution >= 4 is 11.7 Å². The van der Waals surface area contributed by atoms with Crippen LogP contribution in [-0.2, 0) is 19.4 Å². The van der Waals surface area contributed by atoms with E-state index in [1.165, 1.54) is 24.0 Å². The Morgan fingerprint density at radius 1 is 1.00 bits per heavy atom. The fraction of sp³-hybridized carbons (Fsp3) is 0.478. The van der Waals surface area contributed by atoms with Crippen LogP contribution in [0.15, 0.2) is 36.5 Å². The molecule has 1 saturated heterocycles. The quantitative estimate of drug-likeness (QED) is 0.888. The number of anilines is 1. The van der Waals surface area contributed by atoms with Crippen molar-refractivity contribution in [3.05, 3.63) is 58.8 Å². The number of nitrogens with one attached hydrogen (secondary N) is 1. The minimum Gasteiger partial charge on any atom is -0.355 e. The molecule has 1 aliphatic carbocycles. The molecule has 0 bridgehead atoms. The predicted octanol–water partition coefficient (Wildman–Crippen LogP) is 3.03. The lowest BCUT2D eigenvalue weighted by atomic mass is 9.90. The molecule has 0 saturated carbocycles. The summed E-state index contributed by atoms with van der Waals surface area (Å²) in [4.78, 5) is 21.9. The SMILES string of the molecule is CN1CCCN(c2ccc(CNC(=O)c3ccc4c(c3)CCCC4)cn2)CC1. The van der Waals surface area contributed by atoms with E-state index >= 15 is 0 Å². The average molecular weight is 379 g/mol. The zero-order valence-corrected chi connectivity index (χ0v) is 16.8. The summed E-state index contributed by atoms with van der Waals surface area (Å²) in [5.41, 5.74) is 4.54. The van der Waals surface area contributed by atoms with Crippen molar-refractivity contribution in [1.29, 1.82) is 0 Å². The van der Waals surface area contributed by atoms with Gasteiger partial charge in [0.05, 0.1) is 0 Å². The van der Waals surface area contributed by atoms with Gasteiger partial charge in [-0.3, -0.25) is 4.79 Å². The van der Waals surface area contributed by atoms with Crippen molar-refractivity contribution in [3.63, 3.8) is 0 Å².